The molecule has 4 N–H and O–H groups in total. The van der Waals surface area contributed by atoms with Crippen molar-refractivity contribution < 1.29 is 14.6 Å². The minimum atomic E-state index is -0.419. The number of carbonyl (C=O) groups is 1. The number of guanidine groups is 1. The number of ether oxygens (including phenoxy) is 1. The van der Waals surface area contributed by atoms with Crippen molar-refractivity contribution in [2.45, 2.75) is 58.2 Å². The molecule has 0 radical (unpaired) electrons. The number of carbonyl (C=O) groups excluding carboxylic acids is 1. The van der Waals surface area contributed by atoms with Crippen molar-refractivity contribution in [2.24, 2.45) is 10.7 Å². The first-order chi connectivity index (χ1) is 16.4. The van der Waals surface area contributed by atoms with Crippen molar-refractivity contribution in [3.63, 3.8) is 0 Å². The topological polar surface area (TPSA) is 100 Å². The molecule has 0 saturated carbocycles. The summed E-state index contributed by atoms with van der Waals surface area (Å²) in [6, 6.07) is 15.2. The van der Waals surface area contributed by atoms with Crippen LogP contribution in [-0.2, 0) is 11.3 Å². The van der Waals surface area contributed by atoms with Gasteiger partial charge in [0, 0.05) is 11.3 Å². The first-order valence-electron chi connectivity index (χ1n) is 11.9. The van der Waals surface area contributed by atoms with Gasteiger partial charge in [0.2, 0.25) is 5.91 Å². The summed E-state index contributed by atoms with van der Waals surface area (Å²) in [6.45, 7) is 10.9. The number of hydrogen-bond donors (Lipinski definition) is 3. The maximum Gasteiger partial charge on any atom is 0.232 e. The molecule has 1 amide bonds. The highest BCUT2D eigenvalue weighted by Gasteiger charge is 2.37. The summed E-state index contributed by atoms with van der Waals surface area (Å²) in [6.07, 6.45) is 1.87. The molecule has 1 unspecified atom stereocenters. The number of hydrogen-bond acceptors (Lipinski definition) is 6. The Hall–Kier alpha value is -3.32. The molecule has 1 aliphatic heterocycles. The van der Waals surface area contributed by atoms with Crippen LogP contribution in [0.1, 0.15) is 62.8 Å². The molecule has 0 saturated heterocycles. The number of amides is 1. The number of nitrogens with one attached hydrogen (secondary N) is 1. The quantitative estimate of drug-likeness (QED) is 0.467. The van der Waals surface area contributed by atoms with Gasteiger partial charge < -0.3 is 20.9 Å². The zero-order valence-electron chi connectivity index (χ0n) is 20.4. The molecule has 0 fully saturated rings. The van der Waals surface area contributed by atoms with E-state index in [4.69, 9.17) is 15.5 Å². The summed E-state index contributed by atoms with van der Waals surface area (Å²) in [7, 11) is 0. The van der Waals surface area contributed by atoms with Gasteiger partial charge in [0.1, 0.15) is 5.75 Å². The fourth-order valence-electron chi connectivity index (χ4n) is 4.25. The summed E-state index contributed by atoms with van der Waals surface area (Å²) in [4.78, 5) is 19.3. The second-order valence-corrected chi connectivity index (χ2v) is 8.58. The first-order valence-corrected chi connectivity index (χ1v) is 11.9. The second kappa shape index (κ2) is 11.2. The van der Waals surface area contributed by atoms with Crippen molar-refractivity contribution in [2.75, 3.05) is 13.2 Å². The Kier molecular flexibility index (Phi) is 8.34. The van der Waals surface area contributed by atoms with Crippen LogP contribution in [0.5, 0.6) is 5.75 Å². The van der Waals surface area contributed by atoms with E-state index in [1.165, 1.54) is 4.90 Å². The van der Waals surface area contributed by atoms with Crippen LogP contribution in [0.4, 0.5) is 0 Å². The molecule has 1 atom stereocenters. The number of nitrogens with two attached hydrogens (primary N) is 1. The molecule has 182 valence electrons. The maximum absolute atomic E-state index is 13.0. The van der Waals surface area contributed by atoms with Crippen LogP contribution < -0.4 is 15.8 Å². The van der Waals surface area contributed by atoms with Gasteiger partial charge in [-0.2, -0.15) is 0 Å². The van der Waals surface area contributed by atoms with E-state index in [2.05, 4.69) is 11.9 Å². The van der Waals surface area contributed by atoms with E-state index in [0.29, 0.717) is 24.5 Å². The van der Waals surface area contributed by atoms with Crippen LogP contribution >= 0.6 is 0 Å². The molecule has 0 bridgehead atoms. The van der Waals surface area contributed by atoms with E-state index in [0.717, 1.165) is 29.5 Å². The number of rotatable bonds is 11. The van der Waals surface area contributed by atoms with Crippen molar-refractivity contribution in [1.82, 2.24) is 10.2 Å². The average Bonchev–Trinajstić information content (AvgIpc) is 2.85. The number of nitrogens with zero attached hydrogens (tertiary/aromatic N) is 2. The van der Waals surface area contributed by atoms with Crippen molar-refractivity contribution in [3.8, 4) is 5.75 Å². The molecule has 1 heterocycles. The Balaban J connectivity index is 1.86. The summed E-state index contributed by atoms with van der Waals surface area (Å²) in [5.41, 5.74) is 9.13. The summed E-state index contributed by atoms with van der Waals surface area (Å²) in [5, 5.41) is 13.2. The lowest BCUT2D eigenvalue weighted by Gasteiger charge is -2.36. The van der Waals surface area contributed by atoms with E-state index in [9.17, 15) is 9.90 Å². The Morgan fingerprint density at radius 2 is 1.94 bits per heavy atom. The molecule has 0 aliphatic carbocycles. The molecule has 1 aliphatic rings. The molecular formula is C27H36N4O3. The highest BCUT2D eigenvalue weighted by atomic mass is 16.5. The van der Waals surface area contributed by atoms with Gasteiger partial charge in [-0.15, -0.1) is 0 Å². The predicted octanol–water partition coefficient (Wildman–Crippen LogP) is 3.99. The minimum Gasteiger partial charge on any atom is -0.494 e. The Labute approximate surface area is 202 Å². The van der Waals surface area contributed by atoms with E-state index in [1.807, 2.05) is 69.3 Å². The van der Waals surface area contributed by atoms with Gasteiger partial charge in [0.05, 0.1) is 37.8 Å². The highest BCUT2D eigenvalue weighted by Crippen LogP contribution is 2.32. The third-order valence-electron chi connectivity index (χ3n) is 6.50. The average molecular weight is 465 g/mol. The molecular weight excluding hydrogens is 428 g/mol. The molecule has 2 aromatic rings. The second-order valence-electron chi connectivity index (χ2n) is 8.58. The van der Waals surface area contributed by atoms with Gasteiger partial charge >= 0.3 is 0 Å². The fourth-order valence-corrected chi connectivity index (χ4v) is 4.25. The normalized spacial score (nSPS) is 16.1. The summed E-state index contributed by atoms with van der Waals surface area (Å²) in [5.74, 6) is 0.892. The molecule has 3 rings (SSSR count). The number of aliphatic hydroxyl groups is 1. The van der Waals surface area contributed by atoms with Crippen molar-refractivity contribution in [1.29, 1.82) is 0 Å². The summed E-state index contributed by atoms with van der Waals surface area (Å²) < 4.78 is 5.83. The monoisotopic (exact) mass is 464 g/mol. The van der Waals surface area contributed by atoms with Gasteiger partial charge in [0.25, 0.3) is 0 Å². The van der Waals surface area contributed by atoms with Crippen molar-refractivity contribution >= 4 is 17.6 Å². The van der Waals surface area contributed by atoms with Gasteiger partial charge in [-0.3, -0.25) is 9.69 Å². The Bertz CT molecular complexity index is 1030. The standard InChI is InChI=1S/C27H36N4O3/c1-5-27(6-2)16-25(33)31(26(28)30-27)17-22-15-21(13-14-24(22)34-7-3)19(4)29-23(18-32)20-11-9-8-10-12-20/h8-15,23,29,32H,4-7,16-18H2,1-3H3,(H2,28,30). The van der Waals surface area contributed by atoms with Crippen LogP contribution in [0.2, 0.25) is 0 Å². The van der Waals surface area contributed by atoms with Crippen molar-refractivity contribution in [3.05, 3.63) is 71.8 Å². The first kappa shape index (κ1) is 25.3. The third kappa shape index (κ3) is 5.59. The number of benzene rings is 2. The molecule has 0 aromatic heterocycles. The van der Waals surface area contributed by atoms with Gasteiger partial charge in [0.15, 0.2) is 5.96 Å². The predicted molar refractivity (Wildman–Crippen MR) is 136 cm³/mol. The molecule has 0 spiro atoms. The van der Waals surface area contributed by atoms with E-state index >= 15 is 0 Å². The molecule has 2 aromatic carbocycles. The lowest BCUT2D eigenvalue weighted by Crippen LogP contribution is -2.50. The largest absolute Gasteiger partial charge is 0.494 e. The third-order valence-corrected chi connectivity index (χ3v) is 6.50. The number of aliphatic hydroxyl groups excluding tert-OH is 1. The summed E-state index contributed by atoms with van der Waals surface area (Å²) >= 11 is 0. The van der Waals surface area contributed by atoms with E-state index in [1.54, 1.807) is 0 Å². The minimum absolute atomic E-state index is 0.0366. The van der Waals surface area contributed by atoms with Crippen LogP contribution in [0.3, 0.4) is 0 Å². The van der Waals surface area contributed by atoms with Crippen LogP contribution in [0.25, 0.3) is 5.70 Å². The Morgan fingerprint density at radius 3 is 2.53 bits per heavy atom. The maximum atomic E-state index is 13.0. The smallest absolute Gasteiger partial charge is 0.232 e. The van der Waals surface area contributed by atoms with Crippen LogP contribution in [-0.4, -0.2) is 40.6 Å². The highest BCUT2D eigenvalue weighted by molar-refractivity contribution is 5.99. The van der Waals surface area contributed by atoms with E-state index in [-0.39, 0.29) is 31.1 Å². The zero-order valence-corrected chi connectivity index (χ0v) is 20.4. The van der Waals surface area contributed by atoms with Crippen LogP contribution in [0, 0.1) is 0 Å². The fraction of sp³-hybridized carbons (Fsp3) is 0.407. The lowest BCUT2D eigenvalue weighted by molar-refractivity contribution is -0.130. The molecule has 34 heavy (non-hydrogen) atoms. The SMILES string of the molecule is C=C(NC(CO)c1ccccc1)c1ccc(OCC)c(CN2C(=O)CC(CC)(CC)N=C2N)c1. The van der Waals surface area contributed by atoms with Gasteiger partial charge in [-0.05, 0) is 49.1 Å². The van der Waals surface area contributed by atoms with Gasteiger partial charge in [-0.1, -0.05) is 50.8 Å². The van der Waals surface area contributed by atoms with Crippen LogP contribution in [0.15, 0.2) is 60.1 Å². The van der Waals surface area contributed by atoms with E-state index < -0.39 is 5.54 Å². The zero-order chi connectivity index (χ0) is 24.7. The number of aliphatic imine (C=N–C) groups is 1. The van der Waals surface area contributed by atoms with Gasteiger partial charge in [-0.25, -0.2) is 4.99 Å². The lowest BCUT2D eigenvalue weighted by atomic mass is 9.88. The molecule has 7 heteroatoms. The Morgan fingerprint density at radius 1 is 1.24 bits per heavy atom. The molecule has 7 nitrogen and oxygen atoms in total.